The highest BCUT2D eigenvalue weighted by molar-refractivity contribution is 5.98. The third kappa shape index (κ3) is 7.67. The van der Waals surface area contributed by atoms with Crippen molar-refractivity contribution in [1.82, 2.24) is 13.7 Å². The minimum Gasteiger partial charge on any atom is -0.456 e. The smallest absolute Gasteiger partial charge is 0.135 e. The molecule has 0 spiro atoms. The second kappa shape index (κ2) is 19.1. The number of para-hydroxylation sites is 1. The van der Waals surface area contributed by atoms with Crippen LogP contribution in [0.25, 0.3) is 85.0 Å². The Balaban J connectivity index is 1.10. The Labute approximate surface area is 425 Å². The van der Waals surface area contributed by atoms with Crippen molar-refractivity contribution in [3.8, 4) is 17.1 Å². The van der Waals surface area contributed by atoms with Gasteiger partial charge in [0.25, 0.3) is 0 Å². The Morgan fingerprint density at radius 1 is 0.722 bits per heavy atom. The number of nitrogens with two attached hydrogens (primary N) is 2. The fourth-order valence-corrected chi connectivity index (χ4v) is 13.6. The quantitative estimate of drug-likeness (QED) is 0.151. The molecule has 0 radical (unpaired) electrons. The Hall–Kier alpha value is -6.60. The lowest BCUT2D eigenvalue weighted by molar-refractivity contribution is 0.384. The fourth-order valence-electron chi connectivity index (χ4n) is 13.6. The van der Waals surface area contributed by atoms with Crippen molar-refractivity contribution in [2.75, 3.05) is 6.54 Å². The summed E-state index contributed by atoms with van der Waals surface area (Å²) < 4.78 is 14.2. The summed E-state index contributed by atoms with van der Waals surface area (Å²) in [5.74, 6) is 1.91. The summed E-state index contributed by atoms with van der Waals surface area (Å²) in [6.07, 6.45) is 39.4. The van der Waals surface area contributed by atoms with E-state index >= 15 is 0 Å². The van der Waals surface area contributed by atoms with Crippen molar-refractivity contribution in [2.24, 2.45) is 11.5 Å². The molecule has 12 rings (SSSR count). The SMILES string of the molecule is C/C=C\c1oc2ccc(-n3c4c(c5cc(-n6c7c(c8cc(-n9c%10c(c%11ccccc%119)C(N)(CC)CCC/C=C\%10)ccc86)C6CCC/C(=C/C=C\7)C6)ccc53)C(C)CCC/C=C/C=C\4)cc2c1C(CN)CCC. The van der Waals surface area contributed by atoms with Gasteiger partial charge in [-0.05, 0) is 198 Å². The maximum absolute atomic E-state index is 7.47. The van der Waals surface area contributed by atoms with Crippen LogP contribution in [0.2, 0.25) is 0 Å². The number of fused-ring (bicyclic) bond motifs is 13. The molecule has 4 atom stereocenters. The number of nitrogens with zero attached hydrogens (tertiary/aromatic N) is 3. The van der Waals surface area contributed by atoms with E-state index in [0.29, 0.717) is 18.4 Å². The first-order valence-corrected chi connectivity index (χ1v) is 27.4. The topological polar surface area (TPSA) is 80.0 Å². The van der Waals surface area contributed by atoms with Crippen LogP contribution in [-0.2, 0) is 5.54 Å². The van der Waals surface area contributed by atoms with Gasteiger partial charge >= 0.3 is 0 Å². The lowest BCUT2D eigenvalue weighted by Gasteiger charge is -2.30. The third-order valence-corrected chi connectivity index (χ3v) is 17.1. The molecule has 0 saturated heterocycles. The number of rotatable bonds is 9. The molecule has 6 heteroatoms. The largest absolute Gasteiger partial charge is 0.456 e. The average Bonchev–Trinajstić information content (AvgIpc) is 4.12. The first-order chi connectivity index (χ1) is 35.3. The number of benzene rings is 4. The first-order valence-electron chi connectivity index (χ1n) is 27.4. The molecular weight excluding hydrogens is 879 g/mol. The lowest BCUT2D eigenvalue weighted by Crippen LogP contribution is -2.37. The van der Waals surface area contributed by atoms with Gasteiger partial charge in [0.1, 0.15) is 11.3 Å². The second-order valence-corrected chi connectivity index (χ2v) is 21.5. The van der Waals surface area contributed by atoms with Crippen LogP contribution in [-0.4, -0.2) is 20.2 Å². The summed E-state index contributed by atoms with van der Waals surface area (Å²) >= 11 is 0. The third-order valence-electron chi connectivity index (χ3n) is 17.1. The predicted molar refractivity (Wildman–Crippen MR) is 306 cm³/mol. The molecule has 4 aliphatic rings. The van der Waals surface area contributed by atoms with Gasteiger partial charge in [-0.25, -0.2) is 0 Å². The van der Waals surface area contributed by atoms with Crippen molar-refractivity contribution < 1.29 is 4.42 Å². The summed E-state index contributed by atoms with van der Waals surface area (Å²) in [7, 11) is 0. The Bertz CT molecular complexity index is 3590. The molecule has 0 aliphatic heterocycles. The monoisotopic (exact) mass is 950 g/mol. The zero-order chi connectivity index (χ0) is 49.1. The van der Waals surface area contributed by atoms with Crippen molar-refractivity contribution in [3.05, 3.63) is 172 Å². The maximum atomic E-state index is 7.47. The van der Waals surface area contributed by atoms with Crippen LogP contribution in [0.3, 0.4) is 0 Å². The van der Waals surface area contributed by atoms with E-state index in [2.05, 4.69) is 187 Å². The van der Waals surface area contributed by atoms with Crippen molar-refractivity contribution in [3.63, 3.8) is 0 Å². The highest BCUT2D eigenvalue weighted by Gasteiger charge is 2.34. The number of allylic oxidation sites excluding steroid dienone is 8. The van der Waals surface area contributed by atoms with Gasteiger partial charge < -0.3 is 29.6 Å². The van der Waals surface area contributed by atoms with Crippen LogP contribution in [0.4, 0.5) is 0 Å². The van der Waals surface area contributed by atoms with Crippen LogP contribution >= 0.6 is 0 Å². The molecule has 4 heterocycles. The van der Waals surface area contributed by atoms with Crippen molar-refractivity contribution >= 4 is 68.0 Å². The molecule has 4 N–H and O–H groups in total. The van der Waals surface area contributed by atoms with Gasteiger partial charge in [0.2, 0.25) is 0 Å². The number of furan rings is 1. The van der Waals surface area contributed by atoms with Gasteiger partial charge in [-0.2, -0.15) is 0 Å². The van der Waals surface area contributed by atoms with E-state index in [9.17, 15) is 0 Å². The van der Waals surface area contributed by atoms with Gasteiger partial charge in [0, 0.05) is 61.2 Å². The zero-order valence-electron chi connectivity index (χ0n) is 42.9. The maximum Gasteiger partial charge on any atom is 0.135 e. The van der Waals surface area contributed by atoms with E-state index in [1.54, 1.807) is 5.57 Å². The molecule has 72 heavy (non-hydrogen) atoms. The van der Waals surface area contributed by atoms with Crippen LogP contribution in [0, 0.1) is 0 Å². The zero-order valence-corrected chi connectivity index (χ0v) is 42.9. The van der Waals surface area contributed by atoms with E-state index < -0.39 is 5.54 Å². The summed E-state index contributed by atoms with van der Waals surface area (Å²) in [4.78, 5) is 0. The van der Waals surface area contributed by atoms with Gasteiger partial charge in [-0.3, -0.25) is 0 Å². The predicted octanol–water partition coefficient (Wildman–Crippen LogP) is 17.4. The van der Waals surface area contributed by atoms with E-state index in [4.69, 9.17) is 15.9 Å². The molecule has 4 aromatic carbocycles. The van der Waals surface area contributed by atoms with Gasteiger partial charge in [-0.15, -0.1) is 0 Å². The van der Waals surface area contributed by atoms with Crippen molar-refractivity contribution in [1.29, 1.82) is 0 Å². The summed E-state index contributed by atoms with van der Waals surface area (Å²) in [6.45, 7) is 9.60. The summed E-state index contributed by atoms with van der Waals surface area (Å²) in [5, 5.41) is 5.08. The molecule has 366 valence electrons. The second-order valence-electron chi connectivity index (χ2n) is 21.5. The van der Waals surface area contributed by atoms with Gasteiger partial charge in [0.15, 0.2) is 0 Å². The Morgan fingerprint density at radius 2 is 1.42 bits per heavy atom. The summed E-state index contributed by atoms with van der Waals surface area (Å²) in [6, 6.07) is 30.4. The average molecular weight is 950 g/mol. The molecule has 4 aliphatic carbocycles. The van der Waals surface area contributed by atoms with Gasteiger partial charge in [-0.1, -0.05) is 93.5 Å². The molecule has 2 bridgehead atoms. The fraction of sp³-hybridized carbons (Fsp3) is 0.333. The summed E-state index contributed by atoms with van der Waals surface area (Å²) in [5.41, 5.74) is 32.5. The van der Waals surface area contributed by atoms with Crippen LogP contribution < -0.4 is 11.5 Å². The Kier molecular flexibility index (Phi) is 12.3. The number of hydrogen-bond donors (Lipinski definition) is 2. The van der Waals surface area contributed by atoms with Crippen LogP contribution in [0.1, 0.15) is 174 Å². The minimum absolute atomic E-state index is 0.210. The molecule has 4 unspecified atom stereocenters. The van der Waals surface area contributed by atoms with E-state index in [0.717, 1.165) is 86.6 Å². The van der Waals surface area contributed by atoms with Crippen LogP contribution in [0.5, 0.6) is 0 Å². The first kappa shape index (κ1) is 46.5. The van der Waals surface area contributed by atoms with E-state index in [1.807, 2.05) is 0 Å². The van der Waals surface area contributed by atoms with E-state index in [-0.39, 0.29) is 5.92 Å². The highest BCUT2D eigenvalue weighted by atomic mass is 16.3. The molecule has 6 nitrogen and oxygen atoms in total. The highest BCUT2D eigenvalue weighted by Crippen LogP contribution is 2.48. The lowest BCUT2D eigenvalue weighted by atomic mass is 9.79. The minimum atomic E-state index is -0.395. The van der Waals surface area contributed by atoms with Crippen molar-refractivity contribution in [2.45, 2.75) is 134 Å². The van der Waals surface area contributed by atoms with Gasteiger partial charge in [0.05, 0.1) is 33.6 Å². The molecule has 4 aromatic heterocycles. The van der Waals surface area contributed by atoms with Crippen LogP contribution in [0.15, 0.2) is 131 Å². The molecule has 0 amide bonds. The molecule has 1 fully saturated rings. The number of hydrogen-bond acceptors (Lipinski definition) is 3. The molecule has 8 aromatic rings. The normalized spacial score (nSPS) is 23.2. The Morgan fingerprint density at radius 3 is 2.18 bits per heavy atom. The molecule has 1 saturated carbocycles. The standard InChI is InChI=1S/C66H71N5O/c1-5-20-46(42-67)64-53-41-49(33-36-60(53)72-61(64)21-6-2)69-55-34-31-47(39-51(55)62-43(4)22-12-9-8-10-13-28-57(62)69)70-56-35-32-48(40-52(56)63-45-25-18-23-44(38-45)24-19-30-58(63)70)71-54-27-16-15-26-50(54)65-59(71)29-14-11-17-37-66(65,68)7-3/h6,8,10,13-16,19,21,24,26-36,39-41,43,45-46H,5,7,9,11-12,17-18,20,22-23,25,37-38,42,67-68H2,1-4H3/b10-8+,21-6-,28-13-,29-14-,30-19-,44-24-. The molecular formula is C66H71N5O. The number of aromatic nitrogens is 3. The van der Waals surface area contributed by atoms with E-state index in [1.165, 1.54) is 103 Å².